The molecule has 0 bridgehead atoms. The smallest absolute Gasteiger partial charge is 0.346 e. The predicted molar refractivity (Wildman–Crippen MR) is 69.3 cm³/mol. The van der Waals surface area contributed by atoms with E-state index in [1.807, 2.05) is 0 Å². The monoisotopic (exact) mass is 296 g/mol. The zero-order chi connectivity index (χ0) is 14.0. The highest BCUT2D eigenvalue weighted by Crippen LogP contribution is 2.29. The third-order valence-corrected chi connectivity index (χ3v) is 2.41. The normalized spacial score (nSPS) is 11.7. The van der Waals surface area contributed by atoms with Crippen LogP contribution in [-0.2, 0) is 6.18 Å². The first kappa shape index (κ1) is 17.7. The van der Waals surface area contributed by atoms with E-state index in [2.05, 4.69) is 5.32 Å². The Labute approximate surface area is 115 Å². The van der Waals surface area contributed by atoms with Gasteiger partial charge >= 0.3 is 6.18 Å². The fourth-order valence-corrected chi connectivity index (χ4v) is 1.27. The van der Waals surface area contributed by atoms with Crippen LogP contribution in [0.2, 0.25) is 0 Å². The van der Waals surface area contributed by atoms with Gasteiger partial charge in [0.05, 0.1) is 5.56 Å². The van der Waals surface area contributed by atoms with Crippen LogP contribution in [0.3, 0.4) is 0 Å². The van der Waals surface area contributed by atoms with Crippen molar-refractivity contribution in [2.75, 3.05) is 6.54 Å². The van der Waals surface area contributed by atoms with Gasteiger partial charge in [-0.25, -0.2) is 0 Å². The van der Waals surface area contributed by atoms with Gasteiger partial charge in [-0.2, -0.15) is 13.2 Å². The molecule has 3 nitrogen and oxygen atoms in total. The minimum atomic E-state index is -4.46. The van der Waals surface area contributed by atoms with E-state index in [1.165, 1.54) is 12.1 Å². The maximum absolute atomic E-state index is 12.5. The van der Waals surface area contributed by atoms with E-state index >= 15 is 0 Å². The summed E-state index contributed by atoms with van der Waals surface area (Å²) in [6.45, 7) is 3.58. The molecule has 1 rings (SSSR count). The van der Waals surface area contributed by atoms with Crippen LogP contribution in [-0.4, -0.2) is 18.0 Å². The molecule has 0 saturated heterocycles. The Bertz CT molecular complexity index is 447. The van der Waals surface area contributed by atoms with E-state index < -0.39 is 23.2 Å². The lowest BCUT2D eigenvalue weighted by molar-refractivity contribution is -0.137. The molecular weight excluding hydrogens is 281 g/mol. The first-order chi connectivity index (χ1) is 8.15. The summed E-state index contributed by atoms with van der Waals surface area (Å²) in [5.41, 5.74) is 3.89. The lowest BCUT2D eigenvalue weighted by atomic mass is 10.0. The van der Waals surface area contributed by atoms with Crippen molar-refractivity contribution in [2.45, 2.75) is 25.6 Å². The Balaban J connectivity index is 0.00000324. The van der Waals surface area contributed by atoms with E-state index in [0.717, 1.165) is 12.1 Å². The predicted octanol–water partition coefficient (Wildman–Crippen LogP) is 2.59. The average Bonchev–Trinajstić information content (AvgIpc) is 2.27. The zero-order valence-corrected chi connectivity index (χ0v) is 11.4. The number of rotatable bonds is 3. The quantitative estimate of drug-likeness (QED) is 0.901. The second-order valence-corrected chi connectivity index (χ2v) is 4.62. The number of halogens is 4. The van der Waals surface area contributed by atoms with Gasteiger partial charge < -0.3 is 11.1 Å². The third-order valence-electron chi connectivity index (χ3n) is 2.41. The molecule has 1 aromatic rings. The summed E-state index contributed by atoms with van der Waals surface area (Å²) in [6, 6.07) is 4.27. The number of alkyl halides is 3. The van der Waals surface area contributed by atoms with Crippen LogP contribution < -0.4 is 11.1 Å². The standard InChI is InChI=1S/C12H15F3N2O.ClH/c1-11(2,7-16)17-10(18)8-4-3-5-9(6-8)12(13,14)15;/h3-6H,7,16H2,1-2H3,(H,17,18);1H. The van der Waals surface area contributed by atoms with Crippen molar-refractivity contribution in [2.24, 2.45) is 5.73 Å². The number of hydrogen-bond donors (Lipinski definition) is 2. The van der Waals surface area contributed by atoms with Gasteiger partial charge in [0.2, 0.25) is 0 Å². The van der Waals surface area contributed by atoms with E-state index in [1.54, 1.807) is 13.8 Å². The molecule has 0 aliphatic carbocycles. The molecule has 0 saturated carbocycles. The molecule has 0 spiro atoms. The summed E-state index contributed by atoms with van der Waals surface area (Å²) in [7, 11) is 0. The zero-order valence-electron chi connectivity index (χ0n) is 10.5. The minimum absolute atomic E-state index is 0. The van der Waals surface area contributed by atoms with Crippen LogP contribution in [0.15, 0.2) is 24.3 Å². The van der Waals surface area contributed by atoms with E-state index in [0.29, 0.717) is 0 Å². The molecule has 108 valence electrons. The number of amides is 1. The molecular formula is C12H16ClF3N2O. The van der Waals surface area contributed by atoms with Crippen LogP contribution in [0.4, 0.5) is 13.2 Å². The van der Waals surface area contributed by atoms with Gasteiger partial charge in [-0.05, 0) is 32.0 Å². The molecule has 0 atom stereocenters. The number of nitrogens with two attached hydrogens (primary N) is 1. The minimum Gasteiger partial charge on any atom is -0.346 e. The van der Waals surface area contributed by atoms with E-state index in [9.17, 15) is 18.0 Å². The molecule has 0 aromatic heterocycles. The van der Waals surface area contributed by atoms with Crippen LogP contribution in [0, 0.1) is 0 Å². The highest BCUT2D eigenvalue weighted by Gasteiger charge is 2.31. The maximum Gasteiger partial charge on any atom is 0.416 e. The molecule has 0 radical (unpaired) electrons. The Kier molecular flexibility index (Phi) is 5.83. The number of carbonyl (C=O) groups is 1. The molecule has 1 aromatic carbocycles. The summed E-state index contributed by atoms with van der Waals surface area (Å²) in [4.78, 5) is 11.8. The van der Waals surface area contributed by atoms with Crippen molar-refractivity contribution in [3.8, 4) is 0 Å². The second-order valence-electron chi connectivity index (χ2n) is 4.62. The van der Waals surface area contributed by atoms with Crippen molar-refractivity contribution in [3.05, 3.63) is 35.4 Å². The Morgan fingerprint density at radius 2 is 1.89 bits per heavy atom. The van der Waals surface area contributed by atoms with Gasteiger partial charge in [0.1, 0.15) is 0 Å². The average molecular weight is 297 g/mol. The molecule has 0 unspecified atom stereocenters. The van der Waals surface area contributed by atoms with E-state index in [-0.39, 0.29) is 24.5 Å². The van der Waals surface area contributed by atoms with Gasteiger partial charge in [0.25, 0.3) is 5.91 Å². The topological polar surface area (TPSA) is 55.1 Å². The number of benzene rings is 1. The van der Waals surface area contributed by atoms with Crippen molar-refractivity contribution in [1.29, 1.82) is 0 Å². The Hall–Kier alpha value is -1.27. The fraction of sp³-hybridized carbons (Fsp3) is 0.417. The molecule has 7 heteroatoms. The first-order valence-corrected chi connectivity index (χ1v) is 5.35. The summed E-state index contributed by atoms with van der Waals surface area (Å²) < 4.78 is 37.5. The molecule has 1 amide bonds. The SMILES string of the molecule is CC(C)(CN)NC(=O)c1cccc(C(F)(F)F)c1.Cl. The van der Waals surface area contributed by atoms with Crippen molar-refractivity contribution in [1.82, 2.24) is 5.32 Å². The molecule has 19 heavy (non-hydrogen) atoms. The molecule has 3 N–H and O–H groups in total. The van der Waals surface area contributed by atoms with Crippen LogP contribution in [0.1, 0.15) is 29.8 Å². The molecule has 0 aliphatic heterocycles. The van der Waals surface area contributed by atoms with Crippen LogP contribution >= 0.6 is 12.4 Å². The van der Waals surface area contributed by atoms with Gasteiger partial charge in [0, 0.05) is 17.6 Å². The van der Waals surface area contributed by atoms with Crippen molar-refractivity contribution < 1.29 is 18.0 Å². The highest BCUT2D eigenvalue weighted by molar-refractivity contribution is 5.94. The largest absolute Gasteiger partial charge is 0.416 e. The van der Waals surface area contributed by atoms with Gasteiger partial charge in [-0.1, -0.05) is 6.07 Å². The van der Waals surface area contributed by atoms with Crippen molar-refractivity contribution in [3.63, 3.8) is 0 Å². The van der Waals surface area contributed by atoms with Crippen LogP contribution in [0.25, 0.3) is 0 Å². The molecule has 0 aliphatic rings. The van der Waals surface area contributed by atoms with Gasteiger partial charge in [-0.15, -0.1) is 12.4 Å². The Morgan fingerprint density at radius 1 is 1.32 bits per heavy atom. The number of carbonyl (C=O) groups excluding carboxylic acids is 1. The third kappa shape index (κ3) is 5.08. The second kappa shape index (κ2) is 6.25. The van der Waals surface area contributed by atoms with Crippen LogP contribution in [0.5, 0.6) is 0 Å². The van der Waals surface area contributed by atoms with Crippen molar-refractivity contribution >= 4 is 18.3 Å². The number of hydrogen-bond acceptors (Lipinski definition) is 2. The fourth-order valence-electron chi connectivity index (χ4n) is 1.27. The maximum atomic E-state index is 12.5. The summed E-state index contributed by atoms with van der Waals surface area (Å²) in [5, 5.41) is 2.57. The van der Waals surface area contributed by atoms with Gasteiger partial charge in [0.15, 0.2) is 0 Å². The summed E-state index contributed by atoms with van der Waals surface area (Å²) in [5.74, 6) is -0.573. The molecule has 0 heterocycles. The highest BCUT2D eigenvalue weighted by atomic mass is 35.5. The summed E-state index contributed by atoms with van der Waals surface area (Å²) in [6.07, 6.45) is -4.46. The summed E-state index contributed by atoms with van der Waals surface area (Å²) >= 11 is 0. The first-order valence-electron chi connectivity index (χ1n) is 5.35. The number of nitrogens with one attached hydrogen (secondary N) is 1. The van der Waals surface area contributed by atoms with E-state index in [4.69, 9.17) is 5.73 Å². The molecule has 0 fully saturated rings. The van der Waals surface area contributed by atoms with Gasteiger partial charge in [-0.3, -0.25) is 4.79 Å². The lowest BCUT2D eigenvalue weighted by Crippen LogP contribution is -2.48. The lowest BCUT2D eigenvalue weighted by Gasteiger charge is -2.24. The Morgan fingerprint density at radius 3 is 2.37 bits per heavy atom.